The fourth-order valence-electron chi connectivity index (χ4n) is 1.19. The van der Waals surface area contributed by atoms with E-state index in [2.05, 4.69) is 48.1 Å². The molecule has 0 radical (unpaired) electrons. The molecule has 0 amide bonds. The first-order valence-electron chi connectivity index (χ1n) is 5.30. The predicted octanol–water partition coefficient (Wildman–Crippen LogP) is 1.57. The Morgan fingerprint density at radius 1 is 1.33 bits per heavy atom. The van der Waals surface area contributed by atoms with E-state index in [-0.39, 0.29) is 0 Å². The Morgan fingerprint density at radius 3 is 2.67 bits per heavy atom. The van der Waals surface area contributed by atoms with Crippen molar-refractivity contribution in [2.45, 2.75) is 19.8 Å². The highest BCUT2D eigenvalue weighted by Gasteiger charge is 2.02. The van der Waals surface area contributed by atoms with Gasteiger partial charge in [-0.2, -0.15) is 0 Å². The molecule has 0 atom stereocenters. The van der Waals surface area contributed by atoms with Crippen molar-refractivity contribution in [2.24, 2.45) is 0 Å². The van der Waals surface area contributed by atoms with Gasteiger partial charge in [0.1, 0.15) is 12.1 Å². The normalized spacial score (nSPS) is 11.1. The highest BCUT2D eigenvalue weighted by Crippen LogP contribution is 2.13. The zero-order valence-electron chi connectivity index (χ0n) is 9.99. The number of anilines is 1. The van der Waals surface area contributed by atoms with Gasteiger partial charge in [-0.25, -0.2) is 9.97 Å². The smallest absolute Gasteiger partial charge is 0.129 e. The van der Waals surface area contributed by atoms with Crippen molar-refractivity contribution in [1.29, 1.82) is 0 Å². The van der Waals surface area contributed by atoms with Gasteiger partial charge in [-0.05, 0) is 20.0 Å². The summed E-state index contributed by atoms with van der Waals surface area (Å²) in [5.74, 6) is 1.36. The number of aromatic nitrogens is 2. The van der Waals surface area contributed by atoms with Crippen molar-refractivity contribution < 1.29 is 0 Å². The van der Waals surface area contributed by atoms with Crippen molar-refractivity contribution in [3.8, 4) is 0 Å². The molecule has 1 rings (SSSR count). The summed E-state index contributed by atoms with van der Waals surface area (Å²) in [5.41, 5.74) is 1.08. The zero-order valence-corrected chi connectivity index (χ0v) is 9.99. The van der Waals surface area contributed by atoms with E-state index in [4.69, 9.17) is 0 Å². The molecule has 15 heavy (non-hydrogen) atoms. The third-order valence-corrected chi connectivity index (χ3v) is 2.14. The number of likely N-dealkylation sites (N-methyl/N-ethyl adjacent to an activating group) is 1. The molecule has 4 nitrogen and oxygen atoms in total. The summed E-state index contributed by atoms with van der Waals surface area (Å²) in [5, 5.41) is 3.28. The fourth-order valence-corrected chi connectivity index (χ4v) is 1.19. The van der Waals surface area contributed by atoms with Gasteiger partial charge in [0, 0.05) is 24.8 Å². The Kier molecular flexibility index (Phi) is 4.49. The number of hydrogen-bond donors (Lipinski definition) is 1. The van der Waals surface area contributed by atoms with E-state index in [1.165, 1.54) is 0 Å². The Hall–Kier alpha value is -1.16. The summed E-state index contributed by atoms with van der Waals surface area (Å²) in [6.07, 6.45) is 1.62. The minimum absolute atomic E-state index is 0.447. The van der Waals surface area contributed by atoms with Gasteiger partial charge in [0.2, 0.25) is 0 Å². The Morgan fingerprint density at radius 2 is 2.07 bits per heavy atom. The number of nitrogens with one attached hydrogen (secondary N) is 1. The van der Waals surface area contributed by atoms with E-state index in [1.807, 2.05) is 6.07 Å². The molecule has 0 aliphatic rings. The highest BCUT2D eigenvalue weighted by atomic mass is 15.1. The molecular formula is C11H20N4. The number of rotatable bonds is 5. The van der Waals surface area contributed by atoms with Gasteiger partial charge < -0.3 is 10.2 Å². The number of hydrogen-bond acceptors (Lipinski definition) is 4. The maximum absolute atomic E-state index is 4.22. The third-order valence-electron chi connectivity index (χ3n) is 2.14. The van der Waals surface area contributed by atoms with Crippen molar-refractivity contribution in [3.05, 3.63) is 18.1 Å². The van der Waals surface area contributed by atoms with Crippen LogP contribution in [0.1, 0.15) is 25.5 Å². The van der Waals surface area contributed by atoms with Crippen LogP contribution in [0.3, 0.4) is 0 Å². The van der Waals surface area contributed by atoms with Gasteiger partial charge in [0.05, 0.1) is 0 Å². The van der Waals surface area contributed by atoms with Crippen LogP contribution in [0.25, 0.3) is 0 Å². The molecule has 0 aliphatic heterocycles. The lowest BCUT2D eigenvalue weighted by Crippen LogP contribution is -2.21. The SMILES string of the molecule is CC(C)c1cc(NCCN(C)C)ncn1. The van der Waals surface area contributed by atoms with E-state index in [0.29, 0.717) is 5.92 Å². The lowest BCUT2D eigenvalue weighted by atomic mass is 10.1. The van der Waals surface area contributed by atoms with Crippen molar-refractivity contribution in [3.63, 3.8) is 0 Å². The average molecular weight is 208 g/mol. The molecule has 0 saturated carbocycles. The van der Waals surface area contributed by atoms with Gasteiger partial charge in [-0.3, -0.25) is 0 Å². The molecule has 0 unspecified atom stereocenters. The molecule has 0 spiro atoms. The van der Waals surface area contributed by atoms with Crippen LogP contribution < -0.4 is 5.32 Å². The first kappa shape index (κ1) is 11.9. The van der Waals surface area contributed by atoms with E-state index in [1.54, 1.807) is 6.33 Å². The van der Waals surface area contributed by atoms with E-state index >= 15 is 0 Å². The first-order chi connectivity index (χ1) is 7.09. The van der Waals surface area contributed by atoms with Crippen LogP contribution >= 0.6 is 0 Å². The van der Waals surface area contributed by atoms with Crippen LogP contribution in [-0.4, -0.2) is 42.1 Å². The second-order valence-electron chi connectivity index (χ2n) is 4.21. The molecule has 4 heteroatoms. The van der Waals surface area contributed by atoms with E-state index in [9.17, 15) is 0 Å². The molecule has 1 aromatic heterocycles. The second-order valence-corrected chi connectivity index (χ2v) is 4.21. The summed E-state index contributed by atoms with van der Waals surface area (Å²) in [7, 11) is 4.11. The predicted molar refractivity (Wildman–Crippen MR) is 63.2 cm³/mol. The van der Waals surface area contributed by atoms with Crippen molar-refractivity contribution in [2.75, 3.05) is 32.5 Å². The average Bonchev–Trinajstić information content (AvgIpc) is 2.17. The molecule has 1 heterocycles. The fraction of sp³-hybridized carbons (Fsp3) is 0.636. The van der Waals surface area contributed by atoms with Crippen LogP contribution in [0.15, 0.2) is 12.4 Å². The van der Waals surface area contributed by atoms with Crippen LogP contribution in [0.5, 0.6) is 0 Å². The highest BCUT2D eigenvalue weighted by molar-refractivity contribution is 5.35. The molecule has 1 aromatic rings. The van der Waals surface area contributed by atoms with E-state index < -0.39 is 0 Å². The topological polar surface area (TPSA) is 41.0 Å². The van der Waals surface area contributed by atoms with Gasteiger partial charge in [0.25, 0.3) is 0 Å². The monoisotopic (exact) mass is 208 g/mol. The van der Waals surface area contributed by atoms with E-state index in [0.717, 1.165) is 24.6 Å². The standard InChI is InChI=1S/C11H20N4/c1-9(2)10-7-11(14-8-13-10)12-5-6-15(3)4/h7-9H,5-6H2,1-4H3,(H,12,13,14). The van der Waals surface area contributed by atoms with Crippen LogP contribution in [-0.2, 0) is 0 Å². The molecule has 84 valence electrons. The molecule has 0 aromatic carbocycles. The van der Waals surface area contributed by atoms with Crippen LogP contribution in [0, 0.1) is 0 Å². The molecule has 0 bridgehead atoms. The van der Waals surface area contributed by atoms with Crippen molar-refractivity contribution in [1.82, 2.24) is 14.9 Å². The second kappa shape index (κ2) is 5.66. The van der Waals surface area contributed by atoms with Gasteiger partial charge in [-0.15, -0.1) is 0 Å². The summed E-state index contributed by atoms with van der Waals surface area (Å²) < 4.78 is 0. The molecule has 0 aliphatic carbocycles. The molecule has 1 N–H and O–H groups in total. The van der Waals surface area contributed by atoms with Gasteiger partial charge in [-0.1, -0.05) is 13.8 Å². The van der Waals surface area contributed by atoms with Crippen LogP contribution in [0.2, 0.25) is 0 Å². The molecule has 0 saturated heterocycles. The number of nitrogens with zero attached hydrogens (tertiary/aromatic N) is 3. The van der Waals surface area contributed by atoms with Crippen LogP contribution in [0.4, 0.5) is 5.82 Å². The summed E-state index contributed by atoms with van der Waals surface area (Å²) >= 11 is 0. The minimum atomic E-state index is 0.447. The molecular weight excluding hydrogens is 188 g/mol. The van der Waals surface area contributed by atoms with Gasteiger partial charge in [0.15, 0.2) is 0 Å². The lowest BCUT2D eigenvalue weighted by molar-refractivity contribution is 0.425. The summed E-state index contributed by atoms with van der Waals surface area (Å²) in [6, 6.07) is 2.01. The maximum Gasteiger partial charge on any atom is 0.129 e. The maximum atomic E-state index is 4.22. The zero-order chi connectivity index (χ0) is 11.3. The van der Waals surface area contributed by atoms with Crippen molar-refractivity contribution >= 4 is 5.82 Å². The van der Waals surface area contributed by atoms with Gasteiger partial charge >= 0.3 is 0 Å². The third kappa shape index (κ3) is 4.25. The Bertz CT molecular complexity index is 296. The summed E-state index contributed by atoms with van der Waals surface area (Å²) in [6.45, 7) is 6.17. The summed E-state index contributed by atoms with van der Waals surface area (Å²) in [4.78, 5) is 10.5. The Labute approximate surface area is 91.7 Å². The lowest BCUT2D eigenvalue weighted by Gasteiger charge is -2.11. The first-order valence-corrected chi connectivity index (χ1v) is 5.30. The Balaban J connectivity index is 2.50. The molecule has 0 fully saturated rings. The largest absolute Gasteiger partial charge is 0.369 e. The quantitative estimate of drug-likeness (QED) is 0.797. The minimum Gasteiger partial charge on any atom is -0.369 e.